The summed E-state index contributed by atoms with van der Waals surface area (Å²) < 4.78 is 29.1. The van der Waals surface area contributed by atoms with Crippen LogP contribution in [0.2, 0.25) is 0 Å². The molecule has 1 amide bonds. The van der Waals surface area contributed by atoms with Crippen LogP contribution in [0.5, 0.6) is 0 Å². The second kappa shape index (κ2) is 9.84. The Kier molecular flexibility index (Phi) is 7.77. The van der Waals surface area contributed by atoms with Gasteiger partial charge in [-0.05, 0) is 36.0 Å². The predicted molar refractivity (Wildman–Crippen MR) is 109 cm³/mol. The zero-order valence-electron chi connectivity index (χ0n) is 16.8. The minimum Gasteiger partial charge on any atom is -0.356 e. The van der Waals surface area contributed by atoms with Crippen molar-refractivity contribution < 1.29 is 13.2 Å². The number of hydrogen-bond acceptors (Lipinski definition) is 4. The lowest BCUT2D eigenvalue weighted by atomic mass is 9.87. The molecule has 0 spiro atoms. The Labute approximate surface area is 167 Å². The largest absolute Gasteiger partial charge is 0.356 e. The van der Waals surface area contributed by atoms with Crippen LogP contribution in [0, 0.1) is 0 Å². The van der Waals surface area contributed by atoms with E-state index in [1.165, 1.54) is 0 Å². The number of nitrogens with zero attached hydrogens (tertiary/aromatic N) is 2. The van der Waals surface area contributed by atoms with Crippen LogP contribution in [0.15, 0.2) is 47.9 Å². The molecule has 0 saturated carbocycles. The van der Waals surface area contributed by atoms with Gasteiger partial charge in [-0.1, -0.05) is 32.9 Å². The van der Waals surface area contributed by atoms with Crippen molar-refractivity contribution >= 4 is 15.9 Å². The second-order valence-electron chi connectivity index (χ2n) is 7.78. The lowest BCUT2D eigenvalue weighted by Crippen LogP contribution is -2.31. The summed E-state index contributed by atoms with van der Waals surface area (Å²) in [7, 11) is -3.61. The maximum Gasteiger partial charge on any atom is 0.240 e. The van der Waals surface area contributed by atoms with Gasteiger partial charge in [0, 0.05) is 38.4 Å². The molecule has 0 bridgehead atoms. The van der Waals surface area contributed by atoms with E-state index < -0.39 is 10.0 Å². The molecular formula is C20H30N4O3S. The normalized spacial score (nSPS) is 12.1. The molecule has 0 atom stereocenters. The first-order valence-corrected chi connectivity index (χ1v) is 11.0. The highest BCUT2D eigenvalue weighted by Crippen LogP contribution is 2.23. The van der Waals surface area contributed by atoms with Crippen molar-refractivity contribution in [2.45, 2.75) is 56.9 Å². The fourth-order valence-electron chi connectivity index (χ4n) is 2.67. The zero-order valence-corrected chi connectivity index (χ0v) is 17.6. The van der Waals surface area contributed by atoms with Crippen LogP contribution in [-0.4, -0.2) is 37.0 Å². The number of aromatic nitrogens is 2. The Bertz CT molecular complexity index is 839. The summed E-state index contributed by atoms with van der Waals surface area (Å²) in [4.78, 5) is 16.0. The van der Waals surface area contributed by atoms with Gasteiger partial charge < -0.3 is 9.88 Å². The Morgan fingerprint density at radius 2 is 1.82 bits per heavy atom. The third-order valence-corrected chi connectivity index (χ3v) is 5.88. The van der Waals surface area contributed by atoms with Gasteiger partial charge in [-0.15, -0.1) is 0 Å². The molecule has 7 nitrogen and oxygen atoms in total. The molecule has 2 aromatic rings. The molecule has 0 fully saturated rings. The smallest absolute Gasteiger partial charge is 0.240 e. The summed E-state index contributed by atoms with van der Waals surface area (Å²) in [6, 6.07) is 6.85. The summed E-state index contributed by atoms with van der Waals surface area (Å²) in [6.07, 6.45) is 7.31. The molecule has 154 valence electrons. The summed E-state index contributed by atoms with van der Waals surface area (Å²) in [5.74, 6) is -0.159. The number of carbonyl (C=O) groups is 1. The molecule has 28 heavy (non-hydrogen) atoms. The fraction of sp³-hybridized carbons (Fsp3) is 0.500. The van der Waals surface area contributed by atoms with Crippen LogP contribution in [-0.2, 0) is 26.8 Å². The molecule has 0 aliphatic carbocycles. The SMILES string of the molecule is CC(C)(C)c1ccc(S(=O)(=O)NCCC(=O)NCCCCn2ccnc2)cc1. The van der Waals surface area contributed by atoms with Crippen LogP contribution < -0.4 is 10.0 Å². The lowest BCUT2D eigenvalue weighted by Gasteiger charge is -2.19. The predicted octanol–water partition coefficient (Wildman–Crippen LogP) is 2.45. The molecule has 0 aliphatic heterocycles. The molecule has 0 radical (unpaired) electrons. The van der Waals surface area contributed by atoms with E-state index in [1.807, 2.05) is 22.9 Å². The summed E-state index contributed by atoms with van der Waals surface area (Å²) in [5, 5.41) is 2.81. The van der Waals surface area contributed by atoms with E-state index >= 15 is 0 Å². The van der Waals surface area contributed by atoms with Crippen LogP contribution in [0.4, 0.5) is 0 Å². The number of hydrogen-bond donors (Lipinski definition) is 2. The Morgan fingerprint density at radius 1 is 1.11 bits per heavy atom. The third-order valence-electron chi connectivity index (χ3n) is 4.40. The number of sulfonamides is 1. The van der Waals surface area contributed by atoms with Crippen molar-refractivity contribution in [3.8, 4) is 0 Å². The number of unbranched alkanes of at least 4 members (excludes halogenated alkanes) is 1. The number of rotatable bonds is 10. The Balaban J connectivity index is 1.67. The molecule has 0 aliphatic rings. The number of aryl methyl sites for hydroxylation is 1. The van der Waals surface area contributed by atoms with Gasteiger partial charge in [-0.3, -0.25) is 4.79 Å². The van der Waals surface area contributed by atoms with E-state index in [2.05, 4.69) is 35.8 Å². The fourth-order valence-corrected chi connectivity index (χ4v) is 3.70. The molecule has 1 aromatic carbocycles. The Morgan fingerprint density at radius 3 is 2.43 bits per heavy atom. The van der Waals surface area contributed by atoms with Gasteiger partial charge in [0.15, 0.2) is 0 Å². The highest BCUT2D eigenvalue weighted by molar-refractivity contribution is 7.89. The first-order valence-electron chi connectivity index (χ1n) is 9.51. The van der Waals surface area contributed by atoms with Gasteiger partial charge in [0.1, 0.15) is 0 Å². The highest BCUT2D eigenvalue weighted by Gasteiger charge is 2.17. The van der Waals surface area contributed by atoms with Gasteiger partial charge in [-0.2, -0.15) is 0 Å². The quantitative estimate of drug-likeness (QED) is 0.593. The molecule has 1 aromatic heterocycles. The minimum absolute atomic E-state index is 0.0351. The van der Waals surface area contributed by atoms with E-state index in [0.29, 0.717) is 6.54 Å². The topological polar surface area (TPSA) is 93.1 Å². The van der Waals surface area contributed by atoms with Gasteiger partial charge >= 0.3 is 0 Å². The average molecular weight is 407 g/mol. The maximum atomic E-state index is 12.3. The van der Waals surface area contributed by atoms with Gasteiger partial charge in [-0.25, -0.2) is 18.1 Å². The zero-order chi connectivity index (χ0) is 20.6. The van der Waals surface area contributed by atoms with E-state index in [1.54, 1.807) is 24.7 Å². The third kappa shape index (κ3) is 7.09. The van der Waals surface area contributed by atoms with E-state index in [9.17, 15) is 13.2 Å². The van der Waals surface area contributed by atoms with Crippen molar-refractivity contribution in [2.75, 3.05) is 13.1 Å². The van der Waals surface area contributed by atoms with Gasteiger partial charge in [0.25, 0.3) is 0 Å². The highest BCUT2D eigenvalue weighted by atomic mass is 32.2. The van der Waals surface area contributed by atoms with Crippen LogP contribution >= 0.6 is 0 Å². The van der Waals surface area contributed by atoms with Gasteiger partial charge in [0.05, 0.1) is 11.2 Å². The van der Waals surface area contributed by atoms with Crippen molar-refractivity contribution in [1.82, 2.24) is 19.6 Å². The van der Waals surface area contributed by atoms with Crippen molar-refractivity contribution in [3.63, 3.8) is 0 Å². The van der Waals surface area contributed by atoms with Crippen molar-refractivity contribution in [2.24, 2.45) is 0 Å². The maximum absolute atomic E-state index is 12.3. The Hall–Kier alpha value is -2.19. The molecule has 1 heterocycles. The lowest BCUT2D eigenvalue weighted by molar-refractivity contribution is -0.120. The van der Waals surface area contributed by atoms with E-state index in [0.717, 1.165) is 24.9 Å². The molecule has 8 heteroatoms. The number of carbonyl (C=O) groups excluding carboxylic acids is 1. The molecule has 0 saturated heterocycles. The minimum atomic E-state index is -3.61. The monoisotopic (exact) mass is 406 g/mol. The summed E-state index contributed by atoms with van der Waals surface area (Å²) in [6.45, 7) is 7.74. The molecule has 2 rings (SSSR count). The number of amides is 1. The van der Waals surface area contributed by atoms with Crippen molar-refractivity contribution in [3.05, 3.63) is 48.5 Å². The van der Waals surface area contributed by atoms with Crippen LogP contribution in [0.25, 0.3) is 0 Å². The van der Waals surface area contributed by atoms with E-state index in [-0.39, 0.29) is 29.2 Å². The first-order chi connectivity index (χ1) is 13.2. The standard InChI is InChI=1S/C20H30N4O3S/c1-20(2,3)17-6-8-18(9-7-17)28(26,27)23-12-10-19(25)22-11-4-5-14-24-15-13-21-16-24/h6-9,13,15-16,23H,4-5,10-12,14H2,1-3H3,(H,22,25). The molecule has 0 unspecified atom stereocenters. The summed E-state index contributed by atoms with van der Waals surface area (Å²) in [5.41, 5.74) is 1.03. The van der Waals surface area contributed by atoms with Crippen molar-refractivity contribution in [1.29, 1.82) is 0 Å². The first kappa shape index (κ1) is 22.1. The molecule has 2 N–H and O–H groups in total. The number of imidazole rings is 1. The van der Waals surface area contributed by atoms with Crippen LogP contribution in [0.3, 0.4) is 0 Å². The van der Waals surface area contributed by atoms with E-state index in [4.69, 9.17) is 0 Å². The summed E-state index contributed by atoms with van der Waals surface area (Å²) >= 11 is 0. The van der Waals surface area contributed by atoms with Crippen LogP contribution in [0.1, 0.15) is 45.6 Å². The number of benzene rings is 1. The second-order valence-corrected chi connectivity index (χ2v) is 9.55. The molecular weight excluding hydrogens is 376 g/mol. The van der Waals surface area contributed by atoms with Gasteiger partial charge in [0.2, 0.25) is 15.9 Å². The average Bonchev–Trinajstić information content (AvgIpc) is 3.14. The number of nitrogens with one attached hydrogen (secondary N) is 2.